The van der Waals surface area contributed by atoms with E-state index in [1.165, 1.54) is 0 Å². The lowest BCUT2D eigenvalue weighted by atomic mass is 10.2. The van der Waals surface area contributed by atoms with Crippen LogP contribution in [0, 0.1) is 0 Å². The Balaban J connectivity index is 2.63. The van der Waals surface area contributed by atoms with Crippen LogP contribution in [-0.2, 0) is 15.9 Å². The Morgan fingerprint density at radius 2 is 2.12 bits per heavy atom. The van der Waals surface area contributed by atoms with Gasteiger partial charge in [0.2, 0.25) is 11.7 Å². The molecule has 2 unspecified atom stereocenters. The van der Waals surface area contributed by atoms with Gasteiger partial charge < -0.3 is 19.7 Å². The summed E-state index contributed by atoms with van der Waals surface area (Å²) in [6, 6.07) is 0. The van der Waals surface area contributed by atoms with Crippen LogP contribution in [0.3, 0.4) is 0 Å². The molecule has 2 N–H and O–H groups in total. The molecule has 0 bridgehead atoms. The highest BCUT2D eigenvalue weighted by molar-refractivity contribution is 4.92. The van der Waals surface area contributed by atoms with E-state index in [1.807, 2.05) is 6.92 Å². The molecule has 0 spiro atoms. The van der Waals surface area contributed by atoms with Crippen LogP contribution in [0.15, 0.2) is 4.52 Å². The van der Waals surface area contributed by atoms with Gasteiger partial charge >= 0.3 is 0 Å². The number of methoxy groups -OCH3 is 2. The maximum atomic E-state index is 5.51. The molecule has 0 radical (unpaired) electrons. The van der Waals surface area contributed by atoms with Gasteiger partial charge in [-0.25, -0.2) is 0 Å². The van der Waals surface area contributed by atoms with E-state index < -0.39 is 0 Å². The van der Waals surface area contributed by atoms with Crippen molar-refractivity contribution < 1.29 is 14.0 Å². The Morgan fingerprint density at radius 3 is 2.62 bits per heavy atom. The van der Waals surface area contributed by atoms with Crippen molar-refractivity contribution in [2.75, 3.05) is 20.8 Å². The molecular weight excluding hydrogens is 210 g/mol. The number of nitrogens with zero attached hydrogens (tertiary/aromatic N) is 2. The van der Waals surface area contributed by atoms with Crippen LogP contribution in [0.1, 0.15) is 31.2 Å². The van der Waals surface area contributed by atoms with Crippen molar-refractivity contribution in [2.45, 2.75) is 32.0 Å². The van der Waals surface area contributed by atoms with Crippen LogP contribution in [0.25, 0.3) is 0 Å². The Bertz CT molecular complexity index is 295. The SMILES string of the molecule is CCC(OC)c1noc(CC(CN)OC)n1. The standard InChI is InChI=1S/C10H19N3O3/c1-4-8(15-3)10-12-9(16-13-10)5-7(6-11)14-2/h7-8H,4-6,11H2,1-3H3. The first-order chi connectivity index (χ1) is 7.74. The molecule has 1 aromatic rings. The molecule has 0 aromatic carbocycles. The first-order valence-corrected chi connectivity index (χ1v) is 5.33. The predicted molar refractivity (Wildman–Crippen MR) is 57.9 cm³/mol. The molecule has 0 saturated carbocycles. The molecule has 92 valence electrons. The van der Waals surface area contributed by atoms with Crippen LogP contribution in [0.4, 0.5) is 0 Å². The van der Waals surface area contributed by atoms with Crippen LogP contribution in [-0.4, -0.2) is 37.0 Å². The van der Waals surface area contributed by atoms with E-state index in [2.05, 4.69) is 10.1 Å². The summed E-state index contributed by atoms with van der Waals surface area (Å²) in [7, 11) is 3.24. The molecule has 0 aliphatic rings. The lowest BCUT2D eigenvalue weighted by molar-refractivity contribution is 0.0902. The second kappa shape index (κ2) is 6.57. The van der Waals surface area contributed by atoms with Crippen molar-refractivity contribution >= 4 is 0 Å². The van der Waals surface area contributed by atoms with Gasteiger partial charge in [-0.3, -0.25) is 0 Å². The van der Waals surface area contributed by atoms with Gasteiger partial charge in [0.1, 0.15) is 6.10 Å². The Morgan fingerprint density at radius 1 is 1.38 bits per heavy atom. The maximum Gasteiger partial charge on any atom is 0.229 e. The van der Waals surface area contributed by atoms with E-state index in [0.717, 1.165) is 6.42 Å². The molecule has 0 fully saturated rings. The number of hydrogen-bond donors (Lipinski definition) is 1. The minimum Gasteiger partial charge on any atom is -0.380 e. The third kappa shape index (κ3) is 3.26. The van der Waals surface area contributed by atoms with Crippen LogP contribution < -0.4 is 5.73 Å². The number of aromatic nitrogens is 2. The summed E-state index contributed by atoms with van der Waals surface area (Å²) in [5.41, 5.74) is 5.51. The van der Waals surface area contributed by atoms with Gasteiger partial charge in [0, 0.05) is 20.8 Å². The molecule has 1 aromatic heterocycles. The van der Waals surface area contributed by atoms with Crippen LogP contribution in [0.2, 0.25) is 0 Å². The zero-order valence-corrected chi connectivity index (χ0v) is 9.97. The van der Waals surface area contributed by atoms with E-state index in [0.29, 0.717) is 24.7 Å². The molecule has 6 nitrogen and oxygen atoms in total. The Labute approximate surface area is 95.1 Å². The predicted octanol–water partition coefficient (Wildman–Crippen LogP) is 0.683. The number of hydrogen-bond acceptors (Lipinski definition) is 6. The molecule has 0 amide bonds. The summed E-state index contributed by atoms with van der Waals surface area (Å²) < 4.78 is 15.5. The van der Waals surface area contributed by atoms with E-state index >= 15 is 0 Å². The lowest BCUT2D eigenvalue weighted by Gasteiger charge is -2.09. The fourth-order valence-electron chi connectivity index (χ4n) is 1.39. The molecule has 16 heavy (non-hydrogen) atoms. The van der Waals surface area contributed by atoms with Crippen LogP contribution >= 0.6 is 0 Å². The summed E-state index contributed by atoms with van der Waals surface area (Å²) in [6.45, 7) is 2.43. The van der Waals surface area contributed by atoms with Crippen molar-refractivity contribution in [1.29, 1.82) is 0 Å². The summed E-state index contributed by atoms with van der Waals surface area (Å²) in [4.78, 5) is 4.25. The van der Waals surface area contributed by atoms with Gasteiger partial charge in [0.05, 0.1) is 12.5 Å². The number of ether oxygens (including phenoxy) is 2. The van der Waals surface area contributed by atoms with E-state index in [9.17, 15) is 0 Å². The van der Waals surface area contributed by atoms with Gasteiger partial charge in [-0.1, -0.05) is 12.1 Å². The summed E-state index contributed by atoms with van der Waals surface area (Å²) >= 11 is 0. The monoisotopic (exact) mass is 229 g/mol. The molecule has 6 heteroatoms. The van der Waals surface area contributed by atoms with Gasteiger partial charge in [-0.15, -0.1) is 0 Å². The quantitative estimate of drug-likeness (QED) is 0.740. The van der Waals surface area contributed by atoms with Gasteiger partial charge in [0.15, 0.2) is 0 Å². The van der Waals surface area contributed by atoms with E-state index in [-0.39, 0.29) is 12.2 Å². The number of rotatable bonds is 7. The molecule has 0 aliphatic heterocycles. The van der Waals surface area contributed by atoms with Gasteiger partial charge in [0.25, 0.3) is 0 Å². The van der Waals surface area contributed by atoms with Gasteiger partial charge in [-0.05, 0) is 6.42 Å². The molecule has 0 saturated heterocycles. The Hall–Kier alpha value is -0.980. The maximum absolute atomic E-state index is 5.51. The summed E-state index contributed by atoms with van der Waals surface area (Å²) in [5, 5.41) is 3.87. The highest BCUT2D eigenvalue weighted by atomic mass is 16.5. The second-order valence-electron chi connectivity index (χ2n) is 3.48. The zero-order chi connectivity index (χ0) is 12.0. The summed E-state index contributed by atoms with van der Waals surface area (Å²) in [5.74, 6) is 1.11. The minimum absolute atomic E-state index is 0.0871. The van der Waals surface area contributed by atoms with Crippen molar-refractivity contribution in [2.24, 2.45) is 5.73 Å². The summed E-state index contributed by atoms with van der Waals surface area (Å²) in [6.07, 6.45) is 1.13. The van der Waals surface area contributed by atoms with Crippen LogP contribution in [0.5, 0.6) is 0 Å². The number of nitrogens with two attached hydrogens (primary N) is 1. The lowest BCUT2D eigenvalue weighted by Crippen LogP contribution is -2.24. The minimum atomic E-state index is -0.114. The smallest absolute Gasteiger partial charge is 0.229 e. The highest BCUT2D eigenvalue weighted by Gasteiger charge is 2.17. The van der Waals surface area contributed by atoms with Crippen molar-refractivity contribution in [3.63, 3.8) is 0 Å². The van der Waals surface area contributed by atoms with Crippen molar-refractivity contribution in [3.05, 3.63) is 11.7 Å². The highest BCUT2D eigenvalue weighted by Crippen LogP contribution is 2.17. The molecule has 1 heterocycles. The van der Waals surface area contributed by atoms with E-state index in [1.54, 1.807) is 14.2 Å². The average molecular weight is 229 g/mol. The normalized spacial score (nSPS) is 15.0. The zero-order valence-electron chi connectivity index (χ0n) is 9.97. The van der Waals surface area contributed by atoms with Gasteiger partial charge in [-0.2, -0.15) is 4.98 Å². The first kappa shape index (κ1) is 13.1. The van der Waals surface area contributed by atoms with Crippen molar-refractivity contribution in [3.8, 4) is 0 Å². The first-order valence-electron chi connectivity index (χ1n) is 5.33. The third-order valence-electron chi connectivity index (χ3n) is 2.43. The molecule has 1 rings (SSSR count). The fraction of sp³-hybridized carbons (Fsp3) is 0.800. The molecule has 0 aliphatic carbocycles. The topological polar surface area (TPSA) is 83.4 Å². The largest absolute Gasteiger partial charge is 0.380 e. The average Bonchev–Trinajstić information content (AvgIpc) is 2.76. The van der Waals surface area contributed by atoms with E-state index in [4.69, 9.17) is 19.7 Å². The molecular formula is C10H19N3O3. The second-order valence-corrected chi connectivity index (χ2v) is 3.48. The molecule has 2 atom stereocenters. The van der Waals surface area contributed by atoms with Crippen molar-refractivity contribution in [1.82, 2.24) is 10.1 Å². The fourth-order valence-corrected chi connectivity index (χ4v) is 1.39. The third-order valence-corrected chi connectivity index (χ3v) is 2.43. The Kier molecular flexibility index (Phi) is 5.37.